The molecule has 0 fully saturated rings. The molecule has 1 aromatic carbocycles. The Balaban J connectivity index is 0.000000328. The van der Waals surface area contributed by atoms with E-state index in [1.807, 2.05) is 43.8 Å². The lowest BCUT2D eigenvalue weighted by molar-refractivity contribution is -0.671. The van der Waals surface area contributed by atoms with Crippen LogP contribution in [0.5, 0.6) is 0 Å². The van der Waals surface area contributed by atoms with E-state index in [0.717, 1.165) is 11.3 Å². The van der Waals surface area contributed by atoms with Crippen LogP contribution in [-0.2, 0) is 17.2 Å². The van der Waals surface area contributed by atoms with Crippen molar-refractivity contribution >= 4 is 21.7 Å². The second-order valence-corrected chi connectivity index (χ2v) is 10.9. The molecular weight excluding hydrogens is 462 g/mol. The van der Waals surface area contributed by atoms with Crippen LogP contribution in [0, 0.1) is 12.3 Å². The van der Waals surface area contributed by atoms with Crippen LogP contribution in [0.15, 0.2) is 82.1 Å². The summed E-state index contributed by atoms with van der Waals surface area (Å²) in [5.41, 5.74) is 7.97. The number of nitrogens with one attached hydrogen (secondary N) is 1. The lowest BCUT2D eigenvalue weighted by Crippen LogP contribution is -2.30. The summed E-state index contributed by atoms with van der Waals surface area (Å²) in [6, 6.07) is 9.39. The van der Waals surface area contributed by atoms with E-state index in [9.17, 15) is 17.8 Å². The van der Waals surface area contributed by atoms with E-state index in [2.05, 4.69) is 37.4 Å². The summed E-state index contributed by atoms with van der Waals surface area (Å²) in [6.07, 6.45) is 11.4. The molecule has 3 rings (SSSR count). The van der Waals surface area contributed by atoms with Gasteiger partial charge in [0.1, 0.15) is 22.7 Å². The molecule has 0 saturated heterocycles. The van der Waals surface area contributed by atoms with Crippen LogP contribution in [0.3, 0.4) is 0 Å². The number of pyridine rings is 1. The highest BCUT2D eigenvalue weighted by Gasteiger charge is 2.26. The fourth-order valence-electron chi connectivity index (χ4n) is 3.88. The predicted octanol–water partition coefficient (Wildman–Crippen LogP) is 4.60. The minimum atomic E-state index is -4.27. The number of hydrogen-bond acceptors (Lipinski definition) is 5. The maximum Gasteiger partial charge on any atom is 0.277 e. The molecule has 8 heteroatoms. The van der Waals surface area contributed by atoms with Gasteiger partial charge in [0.2, 0.25) is 0 Å². The molecule has 0 atom stereocenters. The second-order valence-electron chi connectivity index (χ2n) is 9.48. The Morgan fingerprint density at radius 2 is 1.83 bits per heavy atom. The third kappa shape index (κ3) is 8.88. The summed E-state index contributed by atoms with van der Waals surface area (Å²) < 4.78 is 33.0. The summed E-state index contributed by atoms with van der Waals surface area (Å²) in [4.78, 5) is 11.9. The number of allylic oxidation sites excluding steroid dienone is 4. The van der Waals surface area contributed by atoms with Gasteiger partial charge >= 0.3 is 0 Å². The molecule has 7 nitrogen and oxygen atoms in total. The minimum absolute atomic E-state index is 0.178. The third-order valence-electron chi connectivity index (χ3n) is 5.88. The standard InChI is InChI=1S/C20H27N3O.C7H8O3S/c1-15-8-6-12-20(3,4)18(15)11-10-16(2)21-22-19(24)17-9-7-13-23(5)14-17;1-6-2-4-7(5-3-6)11(8,9)10/h7,9-11,13-14H,6,8,12H2,1-5H3;2-5H,1H3,(H,8,9,10)/b11-10-,21-16+;. The van der Waals surface area contributed by atoms with Crippen LogP contribution in [0.1, 0.15) is 62.9 Å². The van der Waals surface area contributed by atoms with Crippen LogP contribution < -0.4 is 9.99 Å². The van der Waals surface area contributed by atoms with Crippen molar-refractivity contribution in [3.05, 3.63) is 83.2 Å². The van der Waals surface area contributed by atoms with Crippen molar-refractivity contribution in [1.29, 1.82) is 0 Å². The lowest BCUT2D eigenvalue weighted by atomic mass is 9.72. The molecule has 2 aromatic rings. The normalized spacial score (nSPS) is 16.0. The number of carbonyl (C=O) groups is 1. The Kier molecular flexibility index (Phi) is 9.68. The highest BCUT2D eigenvalue weighted by Crippen LogP contribution is 2.40. The average molecular weight is 498 g/mol. The van der Waals surface area contributed by atoms with Gasteiger partial charge in [0.05, 0.1) is 10.6 Å². The monoisotopic (exact) mass is 497 g/mol. The first-order valence-corrected chi connectivity index (χ1v) is 12.9. The van der Waals surface area contributed by atoms with E-state index in [1.165, 1.54) is 42.5 Å². The van der Waals surface area contributed by atoms with Crippen molar-refractivity contribution in [3.63, 3.8) is 0 Å². The van der Waals surface area contributed by atoms with E-state index < -0.39 is 10.1 Å². The second kappa shape index (κ2) is 12.0. The number of nitrogens with zero attached hydrogens (tertiary/aromatic N) is 2. The number of benzene rings is 1. The Morgan fingerprint density at radius 1 is 1.17 bits per heavy atom. The number of carbonyl (C=O) groups excluding carboxylic acids is 1. The van der Waals surface area contributed by atoms with Crippen molar-refractivity contribution in [2.24, 2.45) is 17.6 Å². The van der Waals surface area contributed by atoms with Gasteiger partial charge in [-0.25, -0.2) is 18.4 Å². The van der Waals surface area contributed by atoms with E-state index in [1.54, 1.807) is 24.4 Å². The third-order valence-corrected chi connectivity index (χ3v) is 6.73. The molecule has 1 aliphatic carbocycles. The molecule has 35 heavy (non-hydrogen) atoms. The van der Waals surface area contributed by atoms with E-state index in [4.69, 9.17) is 0 Å². The van der Waals surface area contributed by atoms with Crippen molar-refractivity contribution in [3.8, 4) is 0 Å². The van der Waals surface area contributed by atoms with Crippen LogP contribution in [-0.4, -0.2) is 24.6 Å². The van der Waals surface area contributed by atoms with Crippen molar-refractivity contribution in [2.75, 3.05) is 0 Å². The number of hydrazone groups is 1. The summed E-state index contributed by atoms with van der Waals surface area (Å²) in [6.45, 7) is 10.5. The fraction of sp³-hybridized carbons (Fsp3) is 0.370. The zero-order chi connectivity index (χ0) is 26.2. The highest BCUT2D eigenvalue weighted by atomic mass is 32.2. The molecule has 1 aliphatic rings. The summed E-state index contributed by atoms with van der Waals surface area (Å²) in [5, 5.41) is 4.19. The molecule has 0 bridgehead atoms. The van der Waals surface area contributed by atoms with Gasteiger partial charge in [0.15, 0.2) is 12.4 Å². The lowest BCUT2D eigenvalue weighted by Gasteiger charge is -2.32. The van der Waals surface area contributed by atoms with Gasteiger partial charge < -0.3 is 4.55 Å². The maximum absolute atomic E-state index is 12.1. The number of aromatic nitrogens is 1. The Morgan fingerprint density at radius 3 is 2.40 bits per heavy atom. The molecule has 1 N–H and O–H groups in total. The number of hydrogen-bond donors (Lipinski definition) is 1. The molecular formula is C27H35N3O4S. The highest BCUT2D eigenvalue weighted by molar-refractivity contribution is 7.85. The van der Waals surface area contributed by atoms with Gasteiger partial charge in [0.25, 0.3) is 5.91 Å². The SMILES string of the molecule is CC1=C(/C=C\C(C)=N\NC(=O)c2ccc[n+](C)c2)C(C)(C)CCC1.Cc1ccc(S(=O)(=O)[O-])cc1. The summed E-state index contributed by atoms with van der Waals surface area (Å²) >= 11 is 0. The Bertz CT molecular complexity index is 1240. The predicted molar refractivity (Wildman–Crippen MR) is 137 cm³/mol. The molecule has 0 radical (unpaired) electrons. The first-order valence-electron chi connectivity index (χ1n) is 11.5. The molecule has 0 aliphatic heterocycles. The van der Waals surface area contributed by atoms with Gasteiger partial charge in [-0.2, -0.15) is 5.10 Å². The summed E-state index contributed by atoms with van der Waals surface area (Å²) in [5.74, 6) is -0.202. The van der Waals surface area contributed by atoms with Crippen LogP contribution in [0.4, 0.5) is 0 Å². The first-order chi connectivity index (χ1) is 16.3. The van der Waals surface area contributed by atoms with Crippen LogP contribution in [0.25, 0.3) is 0 Å². The van der Waals surface area contributed by atoms with Gasteiger partial charge in [-0.15, -0.1) is 0 Å². The van der Waals surface area contributed by atoms with Crippen molar-refractivity contribution < 1.29 is 22.3 Å². The molecule has 1 heterocycles. The number of rotatable bonds is 5. The van der Waals surface area contributed by atoms with Gasteiger partial charge in [-0.3, -0.25) is 4.79 Å². The Labute approximate surface area is 209 Å². The summed E-state index contributed by atoms with van der Waals surface area (Å²) in [7, 11) is -2.38. The van der Waals surface area contributed by atoms with Crippen molar-refractivity contribution in [1.82, 2.24) is 5.43 Å². The number of amides is 1. The van der Waals surface area contributed by atoms with Gasteiger partial charge in [-0.1, -0.05) is 43.2 Å². The van der Waals surface area contributed by atoms with E-state index >= 15 is 0 Å². The van der Waals surface area contributed by atoms with Gasteiger partial charge in [0, 0.05) is 6.07 Å². The number of aryl methyl sites for hydroxylation is 2. The topological polar surface area (TPSA) is 103 Å². The fourth-order valence-corrected chi connectivity index (χ4v) is 4.35. The molecule has 0 unspecified atom stereocenters. The zero-order valence-electron chi connectivity index (χ0n) is 21.3. The van der Waals surface area contributed by atoms with Crippen LogP contribution >= 0.6 is 0 Å². The molecule has 0 saturated carbocycles. The average Bonchev–Trinajstić information content (AvgIpc) is 2.77. The quantitative estimate of drug-likeness (QED) is 0.282. The van der Waals surface area contributed by atoms with Crippen LogP contribution in [0.2, 0.25) is 0 Å². The first kappa shape index (κ1) is 28.1. The van der Waals surface area contributed by atoms with E-state index in [-0.39, 0.29) is 16.2 Å². The molecule has 188 valence electrons. The minimum Gasteiger partial charge on any atom is -0.744 e. The smallest absolute Gasteiger partial charge is 0.277 e. The molecule has 0 spiro atoms. The maximum atomic E-state index is 12.1. The largest absolute Gasteiger partial charge is 0.744 e. The van der Waals surface area contributed by atoms with Crippen molar-refractivity contribution in [2.45, 2.75) is 58.8 Å². The van der Waals surface area contributed by atoms with Gasteiger partial charge in [-0.05, 0) is 75.3 Å². The zero-order valence-corrected chi connectivity index (χ0v) is 22.1. The Hall–Kier alpha value is -3.10. The molecule has 1 amide bonds. The van der Waals surface area contributed by atoms with E-state index in [0.29, 0.717) is 5.56 Å². The molecule has 1 aromatic heterocycles.